The minimum Gasteiger partial charge on any atom is -0.486 e. The minimum absolute atomic E-state index is 0.174. The molecule has 1 aromatic heterocycles. The Morgan fingerprint density at radius 2 is 2.00 bits per heavy atom. The van der Waals surface area contributed by atoms with E-state index in [0.29, 0.717) is 12.1 Å². The molecule has 0 aliphatic rings. The van der Waals surface area contributed by atoms with Gasteiger partial charge in [-0.3, -0.25) is 0 Å². The molecular weight excluding hydrogens is 297 g/mol. The smallest absolute Gasteiger partial charge is 0.337 e. The number of ether oxygens (including phenoxy) is 1. The molecule has 0 atom stereocenters. The zero-order chi connectivity index (χ0) is 16.4. The van der Waals surface area contributed by atoms with Crippen molar-refractivity contribution in [2.45, 2.75) is 20.1 Å². The quantitative estimate of drug-likeness (QED) is 0.772. The molecule has 23 heavy (non-hydrogen) atoms. The third-order valence-electron chi connectivity index (χ3n) is 3.77. The number of halogens is 1. The third kappa shape index (κ3) is 2.77. The van der Waals surface area contributed by atoms with Crippen molar-refractivity contribution in [3.8, 4) is 5.75 Å². The van der Waals surface area contributed by atoms with Gasteiger partial charge in [-0.25, -0.2) is 9.18 Å². The summed E-state index contributed by atoms with van der Waals surface area (Å²) in [6.07, 6.45) is 1.86. The van der Waals surface area contributed by atoms with Crippen molar-refractivity contribution >= 4 is 16.9 Å². The van der Waals surface area contributed by atoms with Gasteiger partial charge in [-0.05, 0) is 25.1 Å². The van der Waals surface area contributed by atoms with Crippen molar-refractivity contribution in [2.24, 2.45) is 0 Å². The van der Waals surface area contributed by atoms with E-state index in [0.717, 1.165) is 10.9 Å². The van der Waals surface area contributed by atoms with E-state index in [9.17, 15) is 14.3 Å². The number of rotatable bonds is 5. The van der Waals surface area contributed by atoms with Crippen molar-refractivity contribution in [2.75, 3.05) is 0 Å². The summed E-state index contributed by atoms with van der Waals surface area (Å²) in [7, 11) is 0. The van der Waals surface area contributed by atoms with Crippen molar-refractivity contribution < 1.29 is 19.0 Å². The number of aryl methyl sites for hydroxylation is 1. The second kappa shape index (κ2) is 6.12. The Labute approximate surface area is 132 Å². The van der Waals surface area contributed by atoms with Crippen LogP contribution in [0, 0.1) is 5.82 Å². The van der Waals surface area contributed by atoms with Crippen molar-refractivity contribution in [3.05, 3.63) is 65.6 Å². The Morgan fingerprint density at radius 3 is 2.70 bits per heavy atom. The number of nitrogens with zero attached hydrogens (tertiary/aromatic N) is 1. The van der Waals surface area contributed by atoms with E-state index < -0.39 is 11.8 Å². The van der Waals surface area contributed by atoms with Gasteiger partial charge in [-0.15, -0.1) is 0 Å². The van der Waals surface area contributed by atoms with Crippen LogP contribution in [-0.2, 0) is 13.2 Å². The van der Waals surface area contributed by atoms with Gasteiger partial charge in [0.25, 0.3) is 0 Å². The fourth-order valence-corrected chi connectivity index (χ4v) is 2.69. The van der Waals surface area contributed by atoms with Crippen molar-refractivity contribution in [3.63, 3.8) is 0 Å². The number of hydrogen-bond acceptors (Lipinski definition) is 2. The Hall–Kier alpha value is -2.82. The van der Waals surface area contributed by atoms with Crippen LogP contribution in [0.1, 0.15) is 22.8 Å². The lowest BCUT2D eigenvalue weighted by Crippen LogP contribution is -2.01. The number of aromatic nitrogens is 1. The lowest BCUT2D eigenvalue weighted by atomic mass is 10.1. The van der Waals surface area contributed by atoms with Gasteiger partial charge in [-0.2, -0.15) is 0 Å². The molecule has 0 aliphatic heterocycles. The molecular formula is C18H16FNO3. The van der Waals surface area contributed by atoms with Crippen molar-refractivity contribution in [1.29, 1.82) is 0 Å². The second-order valence-corrected chi connectivity index (χ2v) is 5.17. The van der Waals surface area contributed by atoms with Gasteiger partial charge in [0.2, 0.25) is 0 Å². The molecule has 0 unspecified atom stereocenters. The SMILES string of the molecule is CCn1cc(COc2ccccc2F)c2cccc(C(=O)O)c21. The summed E-state index contributed by atoms with van der Waals surface area (Å²) in [5.74, 6) is -1.21. The number of benzene rings is 2. The summed E-state index contributed by atoms with van der Waals surface area (Å²) in [6.45, 7) is 2.76. The number of carbonyl (C=O) groups is 1. The van der Waals surface area contributed by atoms with Crippen LogP contribution in [0.15, 0.2) is 48.7 Å². The fourth-order valence-electron chi connectivity index (χ4n) is 2.69. The van der Waals surface area contributed by atoms with Gasteiger partial charge in [0.05, 0.1) is 11.1 Å². The van der Waals surface area contributed by atoms with Crippen LogP contribution in [0.5, 0.6) is 5.75 Å². The molecule has 5 heteroatoms. The molecule has 0 radical (unpaired) electrons. The molecule has 2 aromatic carbocycles. The summed E-state index contributed by atoms with van der Waals surface area (Å²) in [4.78, 5) is 11.4. The molecule has 0 saturated heterocycles. The predicted octanol–water partition coefficient (Wildman–Crippen LogP) is 4.08. The molecule has 3 rings (SSSR count). The molecule has 0 bridgehead atoms. The highest BCUT2D eigenvalue weighted by Gasteiger charge is 2.16. The highest BCUT2D eigenvalue weighted by atomic mass is 19.1. The fraction of sp³-hybridized carbons (Fsp3) is 0.167. The first-order valence-electron chi connectivity index (χ1n) is 7.33. The van der Waals surface area contributed by atoms with Gasteiger partial charge in [0, 0.05) is 23.7 Å². The zero-order valence-corrected chi connectivity index (χ0v) is 12.6. The largest absolute Gasteiger partial charge is 0.486 e. The van der Waals surface area contributed by atoms with Crippen LogP contribution in [0.2, 0.25) is 0 Å². The van der Waals surface area contributed by atoms with Crippen LogP contribution in [0.3, 0.4) is 0 Å². The van der Waals surface area contributed by atoms with E-state index >= 15 is 0 Å². The molecule has 0 aliphatic carbocycles. The average molecular weight is 313 g/mol. The molecule has 0 spiro atoms. The summed E-state index contributed by atoms with van der Waals surface area (Å²) in [5, 5.41) is 10.2. The summed E-state index contributed by atoms with van der Waals surface area (Å²) < 4.78 is 21.1. The summed E-state index contributed by atoms with van der Waals surface area (Å²) in [6, 6.07) is 11.4. The Balaban J connectivity index is 2.00. The van der Waals surface area contributed by atoms with Crippen LogP contribution in [0.4, 0.5) is 4.39 Å². The van der Waals surface area contributed by atoms with E-state index in [1.165, 1.54) is 6.07 Å². The van der Waals surface area contributed by atoms with Gasteiger partial charge >= 0.3 is 5.97 Å². The normalized spacial score (nSPS) is 10.9. The maximum Gasteiger partial charge on any atom is 0.337 e. The maximum absolute atomic E-state index is 13.6. The van der Waals surface area contributed by atoms with Crippen LogP contribution in [0.25, 0.3) is 10.9 Å². The first kappa shape index (κ1) is 15.1. The molecule has 118 valence electrons. The summed E-state index contributed by atoms with van der Waals surface area (Å²) in [5.41, 5.74) is 1.74. The minimum atomic E-state index is -0.968. The Kier molecular flexibility index (Phi) is 4.02. The van der Waals surface area contributed by atoms with Gasteiger partial charge in [-0.1, -0.05) is 24.3 Å². The van der Waals surface area contributed by atoms with Gasteiger partial charge < -0.3 is 14.4 Å². The molecule has 1 N–H and O–H groups in total. The number of para-hydroxylation sites is 2. The monoisotopic (exact) mass is 313 g/mol. The molecule has 4 nitrogen and oxygen atoms in total. The predicted molar refractivity (Wildman–Crippen MR) is 85.3 cm³/mol. The number of fused-ring (bicyclic) bond motifs is 1. The molecule has 0 saturated carbocycles. The van der Waals surface area contributed by atoms with E-state index in [2.05, 4.69) is 0 Å². The van der Waals surface area contributed by atoms with Gasteiger partial charge in [0.1, 0.15) is 6.61 Å². The standard InChI is InChI=1S/C18H16FNO3/c1-2-20-10-12(11-23-16-9-4-3-8-15(16)19)13-6-5-7-14(17(13)20)18(21)22/h3-10H,2,11H2,1H3,(H,21,22). The molecule has 1 heterocycles. The number of hydrogen-bond donors (Lipinski definition) is 1. The van der Waals surface area contributed by atoms with Crippen molar-refractivity contribution in [1.82, 2.24) is 4.57 Å². The van der Waals surface area contributed by atoms with Gasteiger partial charge in [0.15, 0.2) is 11.6 Å². The third-order valence-corrected chi connectivity index (χ3v) is 3.77. The van der Waals surface area contributed by atoms with Crippen LogP contribution in [-0.4, -0.2) is 15.6 Å². The topological polar surface area (TPSA) is 51.5 Å². The number of aromatic carboxylic acids is 1. The zero-order valence-electron chi connectivity index (χ0n) is 12.6. The number of carboxylic acids is 1. The maximum atomic E-state index is 13.6. The van der Waals surface area contributed by atoms with E-state index in [1.807, 2.05) is 23.8 Å². The lowest BCUT2D eigenvalue weighted by Gasteiger charge is -2.06. The van der Waals surface area contributed by atoms with E-state index in [-0.39, 0.29) is 17.9 Å². The number of carboxylic acid groups (broad SMARTS) is 1. The Morgan fingerprint density at radius 1 is 1.22 bits per heavy atom. The molecule has 3 aromatic rings. The lowest BCUT2D eigenvalue weighted by molar-refractivity contribution is 0.0698. The molecule has 0 amide bonds. The van der Waals surface area contributed by atoms with Crippen LogP contribution >= 0.6 is 0 Å². The van der Waals surface area contributed by atoms with E-state index in [4.69, 9.17) is 4.74 Å². The second-order valence-electron chi connectivity index (χ2n) is 5.17. The first-order chi connectivity index (χ1) is 11.1. The first-order valence-corrected chi connectivity index (χ1v) is 7.33. The highest BCUT2D eigenvalue weighted by Crippen LogP contribution is 2.27. The van der Waals surface area contributed by atoms with E-state index in [1.54, 1.807) is 30.3 Å². The summed E-state index contributed by atoms with van der Waals surface area (Å²) >= 11 is 0. The Bertz CT molecular complexity index is 870. The highest BCUT2D eigenvalue weighted by molar-refractivity contribution is 6.03. The molecule has 0 fully saturated rings. The van der Waals surface area contributed by atoms with Crippen LogP contribution < -0.4 is 4.74 Å². The average Bonchev–Trinajstić information content (AvgIpc) is 2.92.